The topological polar surface area (TPSA) is 30.0 Å². The lowest BCUT2D eigenvalue weighted by Gasteiger charge is -2.04. The second-order valence-electron chi connectivity index (χ2n) is 3.49. The Morgan fingerprint density at radius 1 is 1.44 bits per heavy atom. The molecule has 2 nitrogen and oxygen atoms in total. The maximum absolute atomic E-state index is 12.6. The third kappa shape index (κ3) is 4.44. The molecular formula is C10H11ClF3NOS2. The number of unbranched alkanes of at least 4 members (excludes halogenated alkanes) is 2. The summed E-state index contributed by atoms with van der Waals surface area (Å²) in [5.74, 6) is 0.513. The number of hydrogen-bond donors (Lipinski definition) is 0. The minimum absolute atomic E-state index is 0.264. The van der Waals surface area contributed by atoms with Crippen LogP contribution in [-0.2, 0) is 6.18 Å². The molecule has 0 atom stereocenters. The minimum atomic E-state index is -4.64. The van der Waals surface area contributed by atoms with Crippen LogP contribution in [0.1, 0.15) is 41.6 Å². The lowest BCUT2D eigenvalue weighted by atomic mass is 10.3. The van der Waals surface area contributed by atoms with Gasteiger partial charge in [0.2, 0.25) is 5.12 Å². The van der Waals surface area contributed by atoms with Crippen molar-refractivity contribution < 1.29 is 18.0 Å². The van der Waals surface area contributed by atoms with E-state index in [9.17, 15) is 18.0 Å². The maximum Gasteiger partial charge on any atom is 0.435 e. The average Bonchev–Trinajstić information content (AvgIpc) is 2.66. The van der Waals surface area contributed by atoms with Gasteiger partial charge in [0.1, 0.15) is 4.88 Å². The molecule has 0 N–H and O–H groups in total. The second kappa shape index (κ2) is 6.77. The van der Waals surface area contributed by atoms with E-state index in [1.165, 1.54) is 0 Å². The lowest BCUT2D eigenvalue weighted by Crippen LogP contribution is -2.10. The highest BCUT2D eigenvalue weighted by Gasteiger charge is 2.39. The van der Waals surface area contributed by atoms with E-state index in [0.29, 0.717) is 17.1 Å². The molecule has 0 unspecified atom stereocenters. The van der Waals surface area contributed by atoms with Gasteiger partial charge in [0, 0.05) is 5.75 Å². The molecular weight excluding hydrogens is 307 g/mol. The molecule has 0 amide bonds. The number of thioether (sulfide) groups is 1. The fraction of sp³-hybridized carbons (Fsp3) is 0.600. The molecule has 18 heavy (non-hydrogen) atoms. The van der Waals surface area contributed by atoms with Gasteiger partial charge in [-0.2, -0.15) is 13.2 Å². The summed E-state index contributed by atoms with van der Waals surface area (Å²) in [5, 5.41) is -0.608. The molecule has 1 heterocycles. The van der Waals surface area contributed by atoms with Crippen molar-refractivity contribution in [2.75, 3.05) is 5.75 Å². The van der Waals surface area contributed by atoms with Gasteiger partial charge in [-0.25, -0.2) is 4.98 Å². The molecule has 0 saturated carbocycles. The summed E-state index contributed by atoms with van der Waals surface area (Å²) in [5.41, 5.74) is -1.18. The Hall–Kier alpha value is -0.270. The van der Waals surface area contributed by atoms with Crippen LogP contribution in [0.2, 0.25) is 4.47 Å². The number of thiazole rings is 1. The van der Waals surface area contributed by atoms with Crippen LogP contribution in [0.5, 0.6) is 0 Å². The minimum Gasteiger partial charge on any atom is -0.281 e. The smallest absolute Gasteiger partial charge is 0.281 e. The first-order chi connectivity index (χ1) is 8.36. The quantitative estimate of drug-likeness (QED) is 0.725. The van der Waals surface area contributed by atoms with Gasteiger partial charge in [-0.1, -0.05) is 54.5 Å². The lowest BCUT2D eigenvalue weighted by molar-refractivity contribution is -0.141. The number of carbonyl (C=O) groups is 1. The van der Waals surface area contributed by atoms with E-state index < -0.39 is 21.9 Å². The van der Waals surface area contributed by atoms with E-state index >= 15 is 0 Å². The molecule has 0 spiro atoms. The van der Waals surface area contributed by atoms with Gasteiger partial charge in [-0.05, 0) is 6.42 Å². The Labute approximate surface area is 116 Å². The fourth-order valence-corrected chi connectivity index (χ4v) is 3.23. The molecule has 8 heteroatoms. The van der Waals surface area contributed by atoms with E-state index in [1.807, 2.05) is 6.92 Å². The monoisotopic (exact) mass is 317 g/mol. The average molecular weight is 318 g/mol. The van der Waals surface area contributed by atoms with Gasteiger partial charge in [-0.3, -0.25) is 4.79 Å². The summed E-state index contributed by atoms with van der Waals surface area (Å²) in [6.07, 6.45) is -1.88. The normalized spacial score (nSPS) is 11.8. The van der Waals surface area contributed by atoms with E-state index in [-0.39, 0.29) is 4.47 Å². The number of carbonyl (C=O) groups excluding carboxylic acids is 1. The summed E-state index contributed by atoms with van der Waals surface area (Å²) in [4.78, 5) is 14.4. The van der Waals surface area contributed by atoms with Crippen molar-refractivity contribution in [2.45, 2.75) is 32.4 Å². The number of aromatic nitrogens is 1. The molecule has 102 valence electrons. The van der Waals surface area contributed by atoms with E-state index in [4.69, 9.17) is 11.6 Å². The number of halogens is 4. The van der Waals surface area contributed by atoms with E-state index in [1.54, 1.807) is 0 Å². The molecule has 0 radical (unpaired) electrons. The molecule has 0 aliphatic rings. The fourth-order valence-electron chi connectivity index (χ4n) is 1.21. The molecule has 0 aliphatic carbocycles. The van der Waals surface area contributed by atoms with E-state index in [0.717, 1.165) is 31.0 Å². The van der Waals surface area contributed by atoms with Crippen molar-refractivity contribution in [3.05, 3.63) is 15.0 Å². The van der Waals surface area contributed by atoms with Crippen molar-refractivity contribution in [3.63, 3.8) is 0 Å². The highest BCUT2D eigenvalue weighted by molar-refractivity contribution is 8.14. The molecule has 0 fully saturated rings. The summed E-state index contributed by atoms with van der Waals surface area (Å²) in [6.45, 7) is 2.01. The first-order valence-electron chi connectivity index (χ1n) is 5.27. The second-order valence-corrected chi connectivity index (χ2v) is 6.13. The SMILES string of the molecule is CCCCCSC(=O)c1sc(Cl)nc1C(F)(F)F. The zero-order chi connectivity index (χ0) is 13.8. The van der Waals surface area contributed by atoms with Gasteiger partial charge >= 0.3 is 6.18 Å². The Morgan fingerprint density at radius 2 is 2.11 bits per heavy atom. The Kier molecular flexibility index (Phi) is 5.94. The Bertz CT molecular complexity index is 420. The van der Waals surface area contributed by atoms with Crippen molar-refractivity contribution in [2.24, 2.45) is 0 Å². The summed E-state index contributed by atoms with van der Waals surface area (Å²) in [7, 11) is 0. The molecule has 1 aromatic heterocycles. The first-order valence-corrected chi connectivity index (χ1v) is 7.45. The zero-order valence-electron chi connectivity index (χ0n) is 9.51. The molecule has 1 rings (SSSR count). The van der Waals surface area contributed by atoms with Gasteiger partial charge in [0.05, 0.1) is 0 Å². The predicted octanol–water partition coefficient (Wildman–Crippen LogP) is 4.88. The van der Waals surface area contributed by atoms with Gasteiger partial charge < -0.3 is 0 Å². The summed E-state index contributed by atoms with van der Waals surface area (Å²) >= 11 is 6.91. The molecule has 1 aromatic rings. The molecule has 0 saturated heterocycles. The van der Waals surface area contributed by atoms with Crippen LogP contribution < -0.4 is 0 Å². The number of hydrogen-bond acceptors (Lipinski definition) is 4. The number of rotatable bonds is 5. The van der Waals surface area contributed by atoms with Crippen LogP contribution in [-0.4, -0.2) is 15.9 Å². The van der Waals surface area contributed by atoms with Crippen molar-refractivity contribution in [1.29, 1.82) is 0 Å². The molecule has 0 aliphatic heterocycles. The number of nitrogens with zero attached hydrogens (tertiary/aromatic N) is 1. The van der Waals surface area contributed by atoms with Gasteiger partial charge in [0.25, 0.3) is 0 Å². The van der Waals surface area contributed by atoms with Crippen molar-refractivity contribution >= 4 is 39.8 Å². The van der Waals surface area contributed by atoms with Gasteiger partial charge in [-0.15, -0.1) is 0 Å². The summed E-state index contributed by atoms with van der Waals surface area (Å²) in [6, 6.07) is 0. The van der Waals surface area contributed by atoms with Crippen LogP contribution in [0.15, 0.2) is 0 Å². The van der Waals surface area contributed by atoms with Gasteiger partial charge in [0.15, 0.2) is 10.2 Å². The number of alkyl halides is 3. The highest BCUT2D eigenvalue weighted by atomic mass is 35.5. The Balaban J connectivity index is 2.73. The third-order valence-electron chi connectivity index (χ3n) is 2.04. The third-order valence-corrected chi connectivity index (χ3v) is 4.28. The summed E-state index contributed by atoms with van der Waals surface area (Å²) < 4.78 is 37.5. The van der Waals surface area contributed by atoms with Crippen LogP contribution >= 0.6 is 34.7 Å². The standard InChI is InChI=1S/C10H11ClF3NOS2/c1-2-3-4-5-17-8(16)6-7(10(12,13)14)15-9(11)18-6/h2-5H2,1H3. The first kappa shape index (κ1) is 15.8. The van der Waals surface area contributed by atoms with Crippen LogP contribution in [0.25, 0.3) is 0 Å². The van der Waals surface area contributed by atoms with Crippen molar-refractivity contribution in [1.82, 2.24) is 4.98 Å². The maximum atomic E-state index is 12.6. The highest BCUT2D eigenvalue weighted by Crippen LogP contribution is 2.37. The van der Waals surface area contributed by atoms with Crippen molar-refractivity contribution in [3.8, 4) is 0 Å². The largest absolute Gasteiger partial charge is 0.435 e. The Morgan fingerprint density at radius 3 is 2.67 bits per heavy atom. The van der Waals surface area contributed by atoms with Crippen LogP contribution in [0.4, 0.5) is 13.2 Å². The molecule has 0 aromatic carbocycles. The predicted molar refractivity (Wildman–Crippen MR) is 68.4 cm³/mol. The van der Waals surface area contributed by atoms with E-state index in [2.05, 4.69) is 4.98 Å². The van der Waals surface area contributed by atoms with Crippen LogP contribution in [0.3, 0.4) is 0 Å². The zero-order valence-corrected chi connectivity index (χ0v) is 11.9. The van der Waals surface area contributed by atoms with Crippen LogP contribution in [0, 0.1) is 0 Å². The molecule has 0 bridgehead atoms.